The summed E-state index contributed by atoms with van der Waals surface area (Å²) in [7, 11) is -2.25. The number of amides is 1. The highest BCUT2D eigenvalue weighted by Gasteiger charge is 2.30. The van der Waals surface area contributed by atoms with Crippen LogP contribution in [0.5, 0.6) is 5.75 Å². The summed E-state index contributed by atoms with van der Waals surface area (Å²) in [6.45, 7) is 2.91. The molecule has 0 unspecified atom stereocenters. The fraction of sp³-hybridized carbons (Fsp3) is 0.550. The van der Waals surface area contributed by atoms with Crippen LogP contribution in [0.25, 0.3) is 0 Å². The molecule has 0 bridgehead atoms. The molecule has 2 aromatic rings. The second kappa shape index (κ2) is 9.17. The Balaban J connectivity index is 1.46. The van der Waals surface area contributed by atoms with Crippen molar-refractivity contribution in [3.63, 3.8) is 0 Å². The molecular weight excluding hydrogens is 438 g/mol. The van der Waals surface area contributed by atoms with Crippen molar-refractivity contribution in [1.82, 2.24) is 19.1 Å². The van der Waals surface area contributed by atoms with Gasteiger partial charge in [-0.25, -0.2) is 8.42 Å². The molecule has 11 heteroatoms. The third-order valence-electron chi connectivity index (χ3n) is 5.46. The van der Waals surface area contributed by atoms with E-state index in [9.17, 15) is 13.2 Å². The molecule has 1 aromatic carbocycles. The maximum absolute atomic E-state index is 13.1. The zero-order valence-corrected chi connectivity index (χ0v) is 19.3. The van der Waals surface area contributed by atoms with Gasteiger partial charge in [-0.05, 0) is 50.8 Å². The fourth-order valence-corrected chi connectivity index (χ4v) is 6.28. The Hall–Kier alpha value is -2.11. The quantitative estimate of drug-likeness (QED) is 0.598. The number of ether oxygens (including phenoxy) is 1. The number of benzene rings is 1. The number of hydrogen-bond donors (Lipinski definition) is 1. The number of thioether (sulfide) groups is 1. The van der Waals surface area contributed by atoms with Gasteiger partial charge in [0.15, 0.2) is 5.16 Å². The molecule has 1 amide bonds. The number of aryl methyl sites for hydroxylation is 1. The highest BCUT2D eigenvalue weighted by atomic mass is 32.2. The van der Waals surface area contributed by atoms with Crippen LogP contribution >= 0.6 is 11.8 Å². The van der Waals surface area contributed by atoms with Crippen LogP contribution in [0.3, 0.4) is 0 Å². The first kappa shape index (κ1) is 22.1. The van der Waals surface area contributed by atoms with Crippen molar-refractivity contribution < 1.29 is 17.9 Å². The zero-order valence-electron chi connectivity index (χ0n) is 17.7. The van der Waals surface area contributed by atoms with Crippen molar-refractivity contribution in [3.8, 4) is 5.75 Å². The molecule has 1 saturated heterocycles. The molecule has 9 nitrogen and oxygen atoms in total. The molecule has 0 atom stereocenters. The topological polar surface area (TPSA) is 106 Å². The minimum Gasteiger partial charge on any atom is -0.495 e. The summed E-state index contributed by atoms with van der Waals surface area (Å²) in [5, 5.41) is 11.8. The van der Waals surface area contributed by atoms with E-state index in [4.69, 9.17) is 4.74 Å². The van der Waals surface area contributed by atoms with Crippen molar-refractivity contribution in [2.45, 2.75) is 55.1 Å². The van der Waals surface area contributed by atoms with Crippen LogP contribution in [0, 0.1) is 6.92 Å². The summed E-state index contributed by atoms with van der Waals surface area (Å²) in [5.41, 5.74) is 0.418. The number of rotatable bonds is 8. The Labute approximate surface area is 186 Å². The summed E-state index contributed by atoms with van der Waals surface area (Å²) < 4.78 is 35.1. The molecular formula is C20H27N5O4S2. The minimum atomic E-state index is -3.69. The van der Waals surface area contributed by atoms with Crippen LogP contribution in [0.1, 0.15) is 44.0 Å². The number of carbonyl (C=O) groups is 1. The van der Waals surface area contributed by atoms with E-state index in [0.29, 0.717) is 24.8 Å². The van der Waals surface area contributed by atoms with Gasteiger partial charge >= 0.3 is 0 Å². The van der Waals surface area contributed by atoms with Crippen LogP contribution in [-0.4, -0.2) is 59.3 Å². The highest BCUT2D eigenvalue weighted by molar-refractivity contribution is 7.99. The van der Waals surface area contributed by atoms with Crippen LogP contribution in [-0.2, 0) is 14.8 Å². The van der Waals surface area contributed by atoms with Crippen molar-refractivity contribution in [3.05, 3.63) is 24.0 Å². The number of hydrogen-bond acceptors (Lipinski definition) is 7. The van der Waals surface area contributed by atoms with Crippen molar-refractivity contribution in [2.75, 3.05) is 31.3 Å². The van der Waals surface area contributed by atoms with Crippen molar-refractivity contribution in [1.29, 1.82) is 0 Å². The summed E-state index contributed by atoms with van der Waals surface area (Å²) >= 11 is 1.33. The molecule has 0 spiro atoms. The van der Waals surface area contributed by atoms with Gasteiger partial charge in [-0.2, -0.15) is 4.31 Å². The normalized spacial score (nSPS) is 17.5. The van der Waals surface area contributed by atoms with Gasteiger partial charge in [-0.1, -0.05) is 18.2 Å². The lowest BCUT2D eigenvalue weighted by atomic mass is 10.2. The number of aromatic nitrogens is 3. The highest BCUT2D eigenvalue weighted by Crippen LogP contribution is 2.38. The van der Waals surface area contributed by atoms with Gasteiger partial charge in [0.2, 0.25) is 15.9 Å². The lowest BCUT2D eigenvalue weighted by Gasteiger charge is -2.26. The van der Waals surface area contributed by atoms with Gasteiger partial charge in [-0.3, -0.25) is 4.79 Å². The fourth-order valence-electron chi connectivity index (χ4n) is 3.73. The smallest absolute Gasteiger partial charge is 0.246 e. The molecule has 4 rings (SSSR count). The summed E-state index contributed by atoms with van der Waals surface area (Å²) in [5.74, 6) is 1.05. The number of piperidine rings is 1. The average Bonchev–Trinajstić information content (AvgIpc) is 3.54. The molecule has 168 valence electrons. The van der Waals surface area contributed by atoms with Crippen molar-refractivity contribution in [2.24, 2.45) is 0 Å². The second-order valence-electron chi connectivity index (χ2n) is 7.80. The first-order valence-corrected chi connectivity index (χ1v) is 12.8. The monoisotopic (exact) mass is 465 g/mol. The molecule has 1 aliphatic carbocycles. The Morgan fingerprint density at radius 3 is 2.65 bits per heavy atom. The molecule has 2 aliphatic rings. The lowest BCUT2D eigenvalue weighted by Crippen LogP contribution is -2.35. The van der Waals surface area contributed by atoms with Gasteiger partial charge in [0.25, 0.3) is 0 Å². The van der Waals surface area contributed by atoms with Gasteiger partial charge < -0.3 is 14.6 Å². The van der Waals surface area contributed by atoms with E-state index in [1.54, 1.807) is 12.1 Å². The van der Waals surface area contributed by atoms with Crippen LogP contribution < -0.4 is 10.1 Å². The number of nitrogens with zero attached hydrogens (tertiary/aromatic N) is 4. The number of carbonyl (C=O) groups excluding carboxylic acids is 1. The van der Waals surface area contributed by atoms with E-state index in [1.165, 1.54) is 29.2 Å². The van der Waals surface area contributed by atoms with Crippen molar-refractivity contribution >= 4 is 33.4 Å². The summed E-state index contributed by atoms with van der Waals surface area (Å²) in [6.07, 6.45) is 4.95. The lowest BCUT2D eigenvalue weighted by molar-refractivity contribution is -0.113. The third kappa shape index (κ3) is 4.88. The van der Waals surface area contributed by atoms with Gasteiger partial charge in [0.1, 0.15) is 16.5 Å². The first-order chi connectivity index (χ1) is 14.9. The maximum atomic E-state index is 13.1. The summed E-state index contributed by atoms with van der Waals surface area (Å²) in [4.78, 5) is 12.6. The van der Waals surface area contributed by atoms with Gasteiger partial charge in [0.05, 0.1) is 12.9 Å². The second-order valence-corrected chi connectivity index (χ2v) is 10.6. The molecule has 1 N–H and O–H groups in total. The summed E-state index contributed by atoms with van der Waals surface area (Å²) in [6, 6.07) is 5.13. The van der Waals surface area contributed by atoms with E-state index in [0.717, 1.165) is 43.1 Å². The minimum absolute atomic E-state index is 0.0754. The molecule has 1 aromatic heterocycles. The van der Waals surface area contributed by atoms with Gasteiger partial charge in [-0.15, -0.1) is 10.2 Å². The Bertz CT molecular complexity index is 1060. The predicted octanol–water partition coefficient (Wildman–Crippen LogP) is 2.84. The molecule has 1 saturated carbocycles. The predicted molar refractivity (Wildman–Crippen MR) is 118 cm³/mol. The van der Waals surface area contributed by atoms with Gasteiger partial charge in [0, 0.05) is 24.8 Å². The largest absolute Gasteiger partial charge is 0.495 e. The van der Waals surface area contributed by atoms with E-state index < -0.39 is 10.0 Å². The first-order valence-electron chi connectivity index (χ1n) is 10.4. The number of sulfonamides is 1. The SMILES string of the molecule is COc1ccc(NC(=O)CSc2nnc(C)n2C2CC2)cc1S(=O)(=O)N1CCCCC1. The molecule has 31 heavy (non-hydrogen) atoms. The Kier molecular flexibility index (Phi) is 6.54. The van der Waals surface area contributed by atoms with Crippen LogP contribution in [0.2, 0.25) is 0 Å². The number of methoxy groups -OCH3 is 1. The Morgan fingerprint density at radius 2 is 1.97 bits per heavy atom. The molecule has 1 aliphatic heterocycles. The van der Waals surface area contributed by atoms with E-state index in [1.807, 2.05) is 6.92 Å². The van der Waals surface area contributed by atoms with E-state index in [-0.39, 0.29) is 22.3 Å². The standard InChI is InChI=1S/C20H27N5O4S2/c1-14-22-23-20(25(14)16-7-8-16)30-13-19(26)21-15-6-9-17(29-2)18(12-15)31(27,28)24-10-4-3-5-11-24/h6,9,12,16H,3-5,7-8,10-11,13H2,1-2H3,(H,21,26). The number of anilines is 1. The average molecular weight is 466 g/mol. The van der Waals surface area contributed by atoms with Crippen LogP contribution in [0.4, 0.5) is 5.69 Å². The number of nitrogens with one attached hydrogen (secondary N) is 1. The molecule has 2 heterocycles. The maximum Gasteiger partial charge on any atom is 0.246 e. The van der Waals surface area contributed by atoms with E-state index >= 15 is 0 Å². The Morgan fingerprint density at radius 1 is 1.23 bits per heavy atom. The van der Waals surface area contributed by atoms with E-state index in [2.05, 4.69) is 20.1 Å². The molecule has 0 radical (unpaired) electrons. The molecule has 2 fully saturated rings. The third-order valence-corrected chi connectivity index (χ3v) is 8.32. The van der Waals surface area contributed by atoms with Crippen LogP contribution in [0.15, 0.2) is 28.3 Å². The zero-order chi connectivity index (χ0) is 22.0.